The van der Waals surface area contributed by atoms with Crippen molar-refractivity contribution in [2.45, 2.75) is 58.6 Å². The van der Waals surface area contributed by atoms with E-state index >= 15 is 0 Å². The number of hydrogen-bond acceptors (Lipinski definition) is 3. The predicted molar refractivity (Wildman–Crippen MR) is 90.9 cm³/mol. The van der Waals surface area contributed by atoms with Crippen molar-refractivity contribution in [3.63, 3.8) is 0 Å². The molecule has 0 saturated heterocycles. The molecule has 1 aromatic rings. The Morgan fingerprint density at radius 3 is 2.45 bits per heavy atom. The summed E-state index contributed by atoms with van der Waals surface area (Å²) in [7, 11) is 0. The van der Waals surface area contributed by atoms with Crippen LogP contribution in [-0.4, -0.2) is 24.8 Å². The number of unbranched alkanes of at least 4 members (excludes halogenated alkanes) is 1. The Morgan fingerprint density at radius 2 is 1.86 bits per heavy atom. The number of benzene rings is 1. The van der Waals surface area contributed by atoms with Gasteiger partial charge in [-0.2, -0.15) is 0 Å². The Balaban J connectivity index is 2.36. The molecule has 4 heteroatoms. The zero-order valence-electron chi connectivity index (χ0n) is 14.3. The molecular weight excluding hydrogens is 276 g/mol. The summed E-state index contributed by atoms with van der Waals surface area (Å²) < 4.78 is 5.22. The van der Waals surface area contributed by atoms with Gasteiger partial charge in [0.05, 0.1) is 0 Å². The molecule has 0 aliphatic rings. The van der Waals surface area contributed by atoms with Crippen molar-refractivity contribution in [2.75, 3.05) is 13.1 Å². The average Bonchev–Trinajstić information content (AvgIpc) is 2.45. The monoisotopic (exact) mass is 306 g/mol. The molecule has 124 valence electrons. The Morgan fingerprint density at radius 1 is 1.18 bits per heavy atom. The second-order valence-electron chi connectivity index (χ2n) is 6.49. The van der Waals surface area contributed by atoms with E-state index in [1.165, 1.54) is 18.4 Å². The molecule has 0 aliphatic heterocycles. The Kier molecular flexibility index (Phi) is 7.96. The van der Waals surface area contributed by atoms with Gasteiger partial charge in [-0.15, -0.1) is 0 Å². The van der Waals surface area contributed by atoms with Crippen molar-refractivity contribution < 1.29 is 9.53 Å². The van der Waals surface area contributed by atoms with Crippen LogP contribution in [-0.2, 0) is 4.74 Å². The Bertz CT molecular complexity index is 426. The Hall–Kier alpha value is -1.55. The molecule has 1 atom stereocenters. The van der Waals surface area contributed by atoms with Crippen LogP contribution in [0.15, 0.2) is 30.3 Å². The van der Waals surface area contributed by atoms with Crippen LogP contribution in [0.25, 0.3) is 0 Å². The Labute approximate surface area is 134 Å². The molecule has 22 heavy (non-hydrogen) atoms. The normalized spacial score (nSPS) is 12.7. The predicted octanol–water partition coefficient (Wildman–Crippen LogP) is 4.03. The zero-order valence-corrected chi connectivity index (χ0v) is 14.3. The van der Waals surface area contributed by atoms with Gasteiger partial charge < -0.3 is 15.4 Å². The third-order valence-corrected chi connectivity index (χ3v) is 3.23. The molecule has 0 aromatic heterocycles. The van der Waals surface area contributed by atoms with E-state index in [1.54, 1.807) is 0 Å². The molecule has 0 spiro atoms. The van der Waals surface area contributed by atoms with Crippen molar-refractivity contribution in [1.82, 2.24) is 10.6 Å². The van der Waals surface area contributed by atoms with Crippen LogP contribution >= 0.6 is 0 Å². The first-order valence-electron chi connectivity index (χ1n) is 8.17. The molecule has 1 unspecified atom stereocenters. The third kappa shape index (κ3) is 8.03. The fourth-order valence-corrected chi connectivity index (χ4v) is 2.21. The standard InChI is InChI=1S/C18H30N2O2/c1-5-6-12-16(15-10-8-7-9-11-15)19-13-14-20-17(21)22-18(2,3)4/h7-11,16,19H,5-6,12-14H2,1-4H3,(H,20,21). The van der Waals surface area contributed by atoms with E-state index in [4.69, 9.17) is 4.74 Å². The maximum absolute atomic E-state index is 11.6. The lowest BCUT2D eigenvalue weighted by molar-refractivity contribution is 0.0528. The first-order chi connectivity index (χ1) is 10.4. The molecule has 0 fully saturated rings. The fourth-order valence-electron chi connectivity index (χ4n) is 2.21. The number of carbonyl (C=O) groups is 1. The van der Waals surface area contributed by atoms with Crippen LogP contribution in [0.3, 0.4) is 0 Å². The number of hydrogen-bond donors (Lipinski definition) is 2. The van der Waals surface area contributed by atoms with Gasteiger partial charge in [-0.1, -0.05) is 50.1 Å². The molecule has 4 nitrogen and oxygen atoms in total. The fraction of sp³-hybridized carbons (Fsp3) is 0.611. The van der Waals surface area contributed by atoms with Gasteiger partial charge in [0.2, 0.25) is 0 Å². The number of amides is 1. The van der Waals surface area contributed by atoms with Crippen molar-refractivity contribution in [3.05, 3.63) is 35.9 Å². The van der Waals surface area contributed by atoms with Crippen LogP contribution < -0.4 is 10.6 Å². The van der Waals surface area contributed by atoms with Crippen LogP contribution in [0.4, 0.5) is 4.79 Å². The average molecular weight is 306 g/mol. The molecule has 0 aliphatic carbocycles. The molecule has 0 heterocycles. The third-order valence-electron chi connectivity index (χ3n) is 3.23. The van der Waals surface area contributed by atoms with Crippen LogP contribution in [0.5, 0.6) is 0 Å². The van der Waals surface area contributed by atoms with E-state index < -0.39 is 5.60 Å². The number of ether oxygens (including phenoxy) is 1. The molecule has 2 N–H and O–H groups in total. The van der Waals surface area contributed by atoms with Gasteiger partial charge in [-0.25, -0.2) is 4.79 Å². The lowest BCUT2D eigenvalue weighted by Gasteiger charge is -2.21. The van der Waals surface area contributed by atoms with E-state index in [9.17, 15) is 4.79 Å². The maximum atomic E-state index is 11.6. The van der Waals surface area contributed by atoms with Gasteiger partial charge in [-0.3, -0.25) is 0 Å². The summed E-state index contributed by atoms with van der Waals surface area (Å²) in [6.07, 6.45) is 3.11. The molecule has 1 aromatic carbocycles. The topological polar surface area (TPSA) is 50.4 Å². The highest BCUT2D eigenvalue weighted by molar-refractivity contribution is 5.67. The highest BCUT2D eigenvalue weighted by Crippen LogP contribution is 2.18. The largest absolute Gasteiger partial charge is 0.444 e. The van der Waals surface area contributed by atoms with Crippen LogP contribution in [0.2, 0.25) is 0 Å². The smallest absolute Gasteiger partial charge is 0.407 e. The summed E-state index contributed by atoms with van der Waals surface area (Å²) in [5, 5.41) is 6.30. The lowest BCUT2D eigenvalue weighted by Crippen LogP contribution is -2.37. The highest BCUT2D eigenvalue weighted by atomic mass is 16.6. The summed E-state index contributed by atoms with van der Waals surface area (Å²) >= 11 is 0. The minimum absolute atomic E-state index is 0.335. The number of rotatable bonds is 8. The van der Waals surface area contributed by atoms with Gasteiger partial charge >= 0.3 is 6.09 Å². The van der Waals surface area contributed by atoms with E-state index in [1.807, 2.05) is 26.8 Å². The molecule has 1 rings (SSSR count). The second kappa shape index (κ2) is 9.46. The summed E-state index contributed by atoms with van der Waals surface area (Å²) in [5.41, 5.74) is 0.846. The quantitative estimate of drug-likeness (QED) is 0.713. The minimum Gasteiger partial charge on any atom is -0.444 e. The number of alkyl carbamates (subject to hydrolysis) is 1. The number of nitrogens with one attached hydrogen (secondary N) is 2. The zero-order chi connectivity index (χ0) is 16.4. The SMILES string of the molecule is CCCCC(NCCNC(=O)OC(C)(C)C)c1ccccc1. The van der Waals surface area contributed by atoms with Gasteiger partial charge in [0.25, 0.3) is 0 Å². The lowest BCUT2D eigenvalue weighted by atomic mass is 10.0. The van der Waals surface area contributed by atoms with Crippen molar-refractivity contribution in [2.24, 2.45) is 0 Å². The summed E-state index contributed by atoms with van der Waals surface area (Å²) in [6.45, 7) is 9.07. The molecular formula is C18H30N2O2. The van der Waals surface area contributed by atoms with Gasteiger partial charge in [0.15, 0.2) is 0 Å². The molecule has 0 radical (unpaired) electrons. The van der Waals surface area contributed by atoms with Crippen molar-refractivity contribution >= 4 is 6.09 Å². The van der Waals surface area contributed by atoms with Gasteiger partial charge in [0.1, 0.15) is 5.60 Å². The molecule has 0 bridgehead atoms. The van der Waals surface area contributed by atoms with Crippen molar-refractivity contribution in [3.8, 4) is 0 Å². The van der Waals surface area contributed by atoms with E-state index in [2.05, 4.69) is 41.8 Å². The first kappa shape index (κ1) is 18.5. The maximum Gasteiger partial charge on any atom is 0.407 e. The van der Waals surface area contributed by atoms with E-state index in [0.717, 1.165) is 13.0 Å². The van der Waals surface area contributed by atoms with Gasteiger partial charge in [0, 0.05) is 19.1 Å². The van der Waals surface area contributed by atoms with Crippen molar-refractivity contribution in [1.29, 1.82) is 0 Å². The van der Waals surface area contributed by atoms with Crippen LogP contribution in [0, 0.1) is 0 Å². The highest BCUT2D eigenvalue weighted by Gasteiger charge is 2.15. The van der Waals surface area contributed by atoms with E-state index in [0.29, 0.717) is 12.6 Å². The van der Waals surface area contributed by atoms with E-state index in [-0.39, 0.29) is 6.09 Å². The molecule has 1 amide bonds. The summed E-state index contributed by atoms with van der Waals surface area (Å²) in [5.74, 6) is 0. The second-order valence-corrected chi connectivity index (χ2v) is 6.49. The van der Waals surface area contributed by atoms with Crippen LogP contribution in [0.1, 0.15) is 58.6 Å². The minimum atomic E-state index is -0.453. The summed E-state index contributed by atoms with van der Waals surface area (Å²) in [6, 6.07) is 10.8. The number of carbonyl (C=O) groups excluding carboxylic acids is 1. The first-order valence-corrected chi connectivity index (χ1v) is 8.17. The summed E-state index contributed by atoms with van der Waals surface area (Å²) in [4.78, 5) is 11.6. The molecule has 0 saturated carbocycles. The van der Waals surface area contributed by atoms with Gasteiger partial charge in [-0.05, 0) is 32.8 Å².